The van der Waals surface area contributed by atoms with Crippen LogP contribution in [-0.4, -0.2) is 74.7 Å². The molecule has 3 rings (SSSR count). The number of sulfone groups is 1. The Hall–Kier alpha value is -2.76. The number of anilines is 2. The zero-order valence-corrected chi connectivity index (χ0v) is 18.4. The molecule has 1 saturated heterocycles. The first-order chi connectivity index (χ1) is 14.7. The Labute approximate surface area is 181 Å². The number of nitrogens with one attached hydrogen (secondary N) is 2. The molecule has 2 aromatic rings. The van der Waals surface area contributed by atoms with Crippen LogP contribution in [0.25, 0.3) is 11.4 Å². The zero-order valence-electron chi connectivity index (χ0n) is 17.5. The molecule has 1 aliphatic rings. The van der Waals surface area contributed by atoms with Gasteiger partial charge in [0.15, 0.2) is 15.7 Å². The van der Waals surface area contributed by atoms with Gasteiger partial charge in [-0.15, -0.1) is 0 Å². The summed E-state index contributed by atoms with van der Waals surface area (Å²) in [6.45, 7) is 3.84. The molecular formula is C20H27N5O5S. The molecule has 3 N–H and O–H groups in total. The summed E-state index contributed by atoms with van der Waals surface area (Å²) >= 11 is 0. The molecule has 31 heavy (non-hydrogen) atoms. The van der Waals surface area contributed by atoms with Crippen LogP contribution in [-0.2, 0) is 20.3 Å². The van der Waals surface area contributed by atoms with Gasteiger partial charge in [-0.2, -0.15) is 0 Å². The van der Waals surface area contributed by atoms with Crippen molar-refractivity contribution >= 4 is 27.4 Å². The minimum absolute atomic E-state index is 0.103. The van der Waals surface area contributed by atoms with Crippen LogP contribution in [0.15, 0.2) is 30.3 Å². The number of amides is 2. The van der Waals surface area contributed by atoms with E-state index in [0.29, 0.717) is 48.3 Å². The van der Waals surface area contributed by atoms with Gasteiger partial charge in [-0.1, -0.05) is 0 Å². The number of rotatable bonds is 7. The zero-order chi connectivity index (χ0) is 22.4. The van der Waals surface area contributed by atoms with Crippen molar-refractivity contribution in [2.75, 3.05) is 49.4 Å². The molecule has 1 aromatic heterocycles. The van der Waals surface area contributed by atoms with Gasteiger partial charge >= 0.3 is 6.03 Å². The molecule has 0 aliphatic carbocycles. The normalized spacial score (nSPS) is 16.7. The number of hydrogen-bond acceptors (Lipinski definition) is 8. The second kappa shape index (κ2) is 10.0. The van der Waals surface area contributed by atoms with Crippen LogP contribution in [0.4, 0.5) is 16.3 Å². The molecule has 0 bridgehead atoms. The fraction of sp³-hybridized carbons (Fsp3) is 0.450. The average molecular weight is 450 g/mol. The molecule has 0 radical (unpaired) electrons. The van der Waals surface area contributed by atoms with E-state index >= 15 is 0 Å². The fourth-order valence-corrected chi connectivity index (χ4v) is 3.90. The average Bonchev–Trinajstić information content (AvgIpc) is 2.71. The summed E-state index contributed by atoms with van der Waals surface area (Å²) in [6.07, 6.45) is 1.17. The third-order valence-electron chi connectivity index (χ3n) is 4.64. The second-order valence-corrected chi connectivity index (χ2v) is 9.55. The van der Waals surface area contributed by atoms with Crippen LogP contribution in [0.2, 0.25) is 0 Å². The van der Waals surface area contributed by atoms with Crippen molar-refractivity contribution in [2.45, 2.75) is 18.7 Å². The number of aromatic nitrogens is 2. The molecule has 0 spiro atoms. The van der Waals surface area contributed by atoms with Gasteiger partial charge in [0.2, 0.25) is 0 Å². The van der Waals surface area contributed by atoms with Gasteiger partial charge in [0.05, 0.1) is 37.3 Å². The summed E-state index contributed by atoms with van der Waals surface area (Å²) in [5.74, 6) is 0.884. The molecule has 11 heteroatoms. The van der Waals surface area contributed by atoms with Gasteiger partial charge in [-0.05, 0) is 31.2 Å². The molecule has 1 unspecified atom stereocenters. The number of aliphatic hydroxyl groups excluding tert-OH is 1. The third kappa shape index (κ3) is 6.61. The van der Waals surface area contributed by atoms with Crippen molar-refractivity contribution in [1.82, 2.24) is 15.3 Å². The lowest BCUT2D eigenvalue weighted by Crippen LogP contribution is -2.44. The van der Waals surface area contributed by atoms with Gasteiger partial charge in [0, 0.05) is 36.7 Å². The van der Waals surface area contributed by atoms with Crippen LogP contribution in [0.3, 0.4) is 0 Å². The fourth-order valence-electron chi connectivity index (χ4n) is 3.22. The van der Waals surface area contributed by atoms with E-state index < -0.39 is 15.9 Å². The molecule has 2 heterocycles. The Kier molecular flexibility index (Phi) is 7.42. The Bertz CT molecular complexity index is 1010. The first-order valence-corrected chi connectivity index (χ1v) is 12.0. The van der Waals surface area contributed by atoms with Crippen LogP contribution in [0.1, 0.15) is 12.6 Å². The van der Waals surface area contributed by atoms with Crippen LogP contribution in [0.5, 0.6) is 0 Å². The van der Waals surface area contributed by atoms with Crippen LogP contribution < -0.4 is 15.5 Å². The van der Waals surface area contributed by atoms with E-state index in [4.69, 9.17) is 9.84 Å². The van der Waals surface area contributed by atoms with E-state index in [1.165, 1.54) is 6.26 Å². The lowest BCUT2D eigenvalue weighted by molar-refractivity contribution is 0.0985. The molecule has 1 atom stereocenters. The topological polar surface area (TPSA) is 134 Å². The smallest absolute Gasteiger partial charge is 0.319 e. The summed E-state index contributed by atoms with van der Waals surface area (Å²) in [6, 6.07) is 8.33. The van der Waals surface area contributed by atoms with Gasteiger partial charge in [-0.3, -0.25) is 0 Å². The number of morpholine rings is 1. The lowest BCUT2D eigenvalue weighted by Gasteiger charge is -2.34. The van der Waals surface area contributed by atoms with Gasteiger partial charge in [0.1, 0.15) is 5.82 Å². The minimum Gasteiger partial charge on any atom is -0.395 e. The SMILES string of the molecule is CC1COCCN1c1cc(CS(C)(=O)=O)nc(-c2ccc(NC(=O)NCCO)cc2)n1. The molecule has 10 nitrogen and oxygen atoms in total. The van der Waals surface area contributed by atoms with Crippen molar-refractivity contribution in [1.29, 1.82) is 0 Å². The van der Waals surface area contributed by atoms with Crippen molar-refractivity contribution in [2.24, 2.45) is 0 Å². The Balaban J connectivity index is 1.89. The number of carbonyl (C=O) groups excluding carboxylic acids is 1. The van der Waals surface area contributed by atoms with E-state index in [1.807, 2.05) is 6.92 Å². The van der Waals surface area contributed by atoms with Crippen LogP contribution >= 0.6 is 0 Å². The highest BCUT2D eigenvalue weighted by Gasteiger charge is 2.22. The lowest BCUT2D eigenvalue weighted by atomic mass is 10.2. The van der Waals surface area contributed by atoms with E-state index in [0.717, 1.165) is 0 Å². The molecule has 1 aromatic carbocycles. The van der Waals surface area contributed by atoms with Crippen molar-refractivity contribution in [3.63, 3.8) is 0 Å². The molecular weight excluding hydrogens is 422 g/mol. The number of ether oxygens (including phenoxy) is 1. The minimum atomic E-state index is -3.27. The Morgan fingerprint density at radius 2 is 2.03 bits per heavy atom. The standard InChI is InChI=1S/C20H27N5O5S/c1-14-12-30-10-8-25(14)18-11-17(13-31(2,28)29)22-19(24-18)15-3-5-16(6-4-15)23-20(27)21-7-9-26/h3-6,11,14,26H,7-10,12-13H2,1-2H3,(H2,21,23,27). The molecule has 1 fully saturated rings. The molecule has 1 aliphatic heterocycles. The maximum absolute atomic E-state index is 11.9. The number of urea groups is 1. The van der Waals surface area contributed by atoms with Crippen molar-refractivity contribution < 1.29 is 23.1 Å². The highest BCUT2D eigenvalue weighted by atomic mass is 32.2. The van der Waals surface area contributed by atoms with E-state index in [-0.39, 0.29) is 24.9 Å². The number of hydrogen-bond donors (Lipinski definition) is 3. The first kappa shape index (κ1) is 22.9. The Morgan fingerprint density at radius 3 is 2.68 bits per heavy atom. The van der Waals surface area contributed by atoms with E-state index in [1.54, 1.807) is 30.3 Å². The predicted octanol–water partition coefficient (Wildman–Crippen LogP) is 1.03. The maximum atomic E-state index is 11.9. The molecule has 168 valence electrons. The van der Waals surface area contributed by atoms with E-state index in [9.17, 15) is 13.2 Å². The van der Waals surface area contributed by atoms with Crippen molar-refractivity contribution in [3.8, 4) is 11.4 Å². The third-order valence-corrected chi connectivity index (χ3v) is 5.46. The summed E-state index contributed by atoms with van der Waals surface area (Å²) in [7, 11) is -3.27. The van der Waals surface area contributed by atoms with Crippen molar-refractivity contribution in [3.05, 3.63) is 36.0 Å². The monoisotopic (exact) mass is 449 g/mol. The summed E-state index contributed by atoms with van der Waals surface area (Å²) in [4.78, 5) is 22.9. The second-order valence-electron chi connectivity index (χ2n) is 7.41. The molecule has 0 saturated carbocycles. The first-order valence-electron chi connectivity index (χ1n) is 9.91. The summed E-state index contributed by atoms with van der Waals surface area (Å²) < 4.78 is 29.2. The summed E-state index contributed by atoms with van der Waals surface area (Å²) in [5, 5.41) is 13.9. The van der Waals surface area contributed by atoms with E-state index in [2.05, 4.69) is 25.5 Å². The molecule has 2 amide bonds. The quantitative estimate of drug-likeness (QED) is 0.571. The number of benzene rings is 1. The number of carbonyl (C=O) groups is 1. The predicted molar refractivity (Wildman–Crippen MR) is 118 cm³/mol. The number of aliphatic hydroxyl groups is 1. The highest BCUT2D eigenvalue weighted by Crippen LogP contribution is 2.25. The van der Waals surface area contributed by atoms with Gasteiger partial charge in [-0.25, -0.2) is 23.2 Å². The Morgan fingerprint density at radius 1 is 1.29 bits per heavy atom. The van der Waals surface area contributed by atoms with Crippen LogP contribution in [0, 0.1) is 0 Å². The highest BCUT2D eigenvalue weighted by molar-refractivity contribution is 7.89. The number of nitrogens with zero attached hydrogens (tertiary/aromatic N) is 3. The van der Waals surface area contributed by atoms with Gasteiger partial charge in [0.25, 0.3) is 0 Å². The largest absolute Gasteiger partial charge is 0.395 e. The summed E-state index contributed by atoms with van der Waals surface area (Å²) in [5.41, 5.74) is 1.68. The van der Waals surface area contributed by atoms with Gasteiger partial charge < -0.3 is 25.4 Å². The maximum Gasteiger partial charge on any atom is 0.319 e.